The zero-order valence-corrected chi connectivity index (χ0v) is 30.7. The molecule has 2 aromatic heterocycles. The van der Waals surface area contributed by atoms with E-state index in [1.807, 2.05) is 0 Å². The van der Waals surface area contributed by atoms with Crippen LogP contribution >= 0.6 is 0 Å². The largest absolute Gasteiger partial charge is 0.311 e. The standard InChI is InChI=1S/C48H35B3N2/c1-26-14-6-8-20-32(26)49-34-22-10-16-28-30-18-12-24-36-44(30)52(42(28)34)46-39(49)38(48(3,4)5)40-47-41(46)51(36)37-25-13-19-31-29-17-11-23-35(43(29)53(47)45(31)37)50(40)33-21-9-7-15-27(33)2/h6-25H,1-5H3. The van der Waals surface area contributed by atoms with Crippen molar-refractivity contribution < 1.29 is 0 Å². The lowest BCUT2D eigenvalue weighted by Gasteiger charge is -2.45. The first kappa shape index (κ1) is 28.9. The van der Waals surface area contributed by atoms with Gasteiger partial charge in [0, 0.05) is 55.0 Å². The van der Waals surface area contributed by atoms with E-state index in [9.17, 15) is 0 Å². The maximum atomic E-state index is 2.75. The predicted octanol–water partition coefficient (Wildman–Crippen LogP) is 4.60. The molecule has 0 N–H and O–H groups in total. The van der Waals surface area contributed by atoms with Crippen LogP contribution in [0.15, 0.2) is 121 Å². The van der Waals surface area contributed by atoms with Gasteiger partial charge >= 0.3 is 0 Å². The summed E-state index contributed by atoms with van der Waals surface area (Å²) in [5.74, 6) is 0. The summed E-state index contributed by atoms with van der Waals surface area (Å²) < 4.78 is 5.49. The molecule has 0 fully saturated rings. The highest BCUT2D eigenvalue weighted by Crippen LogP contribution is 2.42. The molecule has 9 aromatic rings. The minimum absolute atomic E-state index is 0.0984. The first-order valence-corrected chi connectivity index (χ1v) is 19.3. The van der Waals surface area contributed by atoms with Crippen molar-refractivity contribution in [3.63, 3.8) is 0 Å². The second-order valence-electron chi connectivity index (χ2n) is 17.2. The first-order chi connectivity index (χ1) is 25.8. The molecular weight excluding hydrogens is 637 g/mol. The molecule has 13 rings (SSSR count). The number of para-hydroxylation sites is 4. The summed E-state index contributed by atoms with van der Waals surface area (Å²) >= 11 is 0. The van der Waals surface area contributed by atoms with Gasteiger partial charge in [-0.2, -0.15) is 0 Å². The Labute approximate surface area is 310 Å². The minimum Gasteiger partial charge on any atom is -0.311 e. The summed E-state index contributed by atoms with van der Waals surface area (Å²) in [4.78, 5) is 0. The number of fused-ring (bicyclic) bond motifs is 4. The van der Waals surface area contributed by atoms with E-state index >= 15 is 0 Å². The molecule has 0 saturated heterocycles. The van der Waals surface area contributed by atoms with Crippen LogP contribution in [0.3, 0.4) is 0 Å². The van der Waals surface area contributed by atoms with Crippen molar-refractivity contribution in [2.24, 2.45) is 0 Å². The molecule has 5 heteroatoms. The van der Waals surface area contributed by atoms with Gasteiger partial charge in [-0.25, -0.2) is 0 Å². The molecule has 2 nitrogen and oxygen atoms in total. The number of nitrogens with zero attached hydrogens (tertiary/aromatic N) is 2. The van der Waals surface area contributed by atoms with Gasteiger partial charge < -0.3 is 9.13 Å². The van der Waals surface area contributed by atoms with E-state index in [-0.39, 0.29) is 25.6 Å². The normalized spacial score (nSPS) is 14.4. The minimum atomic E-state index is -0.156. The van der Waals surface area contributed by atoms with Crippen molar-refractivity contribution in [3.05, 3.63) is 138 Å². The molecule has 0 amide bonds. The number of benzene rings is 7. The van der Waals surface area contributed by atoms with E-state index < -0.39 is 0 Å². The molecule has 7 aromatic carbocycles. The van der Waals surface area contributed by atoms with Crippen molar-refractivity contribution in [2.75, 3.05) is 0 Å². The summed E-state index contributed by atoms with van der Waals surface area (Å²) in [6, 6.07) is 47.0. The topological polar surface area (TPSA) is 9.86 Å². The third-order valence-corrected chi connectivity index (χ3v) is 13.6. The maximum Gasteiger partial charge on any atom is 0.252 e. The fourth-order valence-corrected chi connectivity index (χ4v) is 11.9. The summed E-state index contributed by atoms with van der Waals surface area (Å²) in [7, 11) is 0. The van der Waals surface area contributed by atoms with E-state index in [0.29, 0.717) is 0 Å². The molecule has 4 aliphatic heterocycles. The zero-order chi connectivity index (χ0) is 35.2. The van der Waals surface area contributed by atoms with Crippen LogP contribution in [0.2, 0.25) is 0 Å². The van der Waals surface area contributed by atoms with Crippen molar-refractivity contribution in [1.29, 1.82) is 0 Å². The molecule has 0 aliphatic carbocycles. The number of hydrogen-bond acceptors (Lipinski definition) is 0. The Morgan fingerprint density at radius 3 is 1.04 bits per heavy atom. The molecule has 0 atom stereocenters. The van der Waals surface area contributed by atoms with Crippen LogP contribution in [0.25, 0.3) is 55.0 Å². The van der Waals surface area contributed by atoms with Gasteiger partial charge in [0.2, 0.25) is 13.4 Å². The predicted molar refractivity (Wildman–Crippen MR) is 230 cm³/mol. The fraction of sp³-hybridized carbons (Fsp3) is 0.125. The van der Waals surface area contributed by atoms with E-state index in [0.717, 1.165) is 0 Å². The average Bonchev–Trinajstić information content (AvgIpc) is 3.69. The summed E-state index contributed by atoms with van der Waals surface area (Å²) in [6.45, 7) is 12.4. The number of aromatic nitrogens is 2. The fourth-order valence-electron chi connectivity index (χ4n) is 11.9. The van der Waals surface area contributed by atoms with Gasteiger partial charge in [-0.1, -0.05) is 164 Å². The first-order valence-electron chi connectivity index (χ1n) is 19.3. The van der Waals surface area contributed by atoms with Crippen LogP contribution in [0.5, 0.6) is 0 Å². The lowest BCUT2D eigenvalue weighted by Crippen LogP contribution is -2.71. The summed E-state index contributed by atoms with van der Waals surface area (Å²) in [5, 5.41) is 5.48. The van der Waals surface area contributed by atoms with Crippen molar-refractivity contribution >= 4 is 113 Å². The molecular formula is C48H35B3N2. The van der Waals surface area contributed by atoms with E-state index in [1.165, 1.54) is 121 Å². The smallest absolute Gasteiger partial charge is 0.252 e. The molecule has 53 heavy (non-hydrogen) atoms. The van der Waals surface area contributed by atoms with Crippen LogP contribution < -0.4 is 49.2 Å². The van der Waals surface area contributed by atoms with Crippen molar-refractivity contribution in [2.45, 2.75) is 40.0 Å². The lowest BCUT2D eigenvalue weighted by atomic mass is 9.26. The number of aryl methyl sites for hydroxylation is 2. The molecule has 0 saturated carbocycles. The van der Waals surface area contributed by atoms with Gasteiger partial charge in [-0.05, 0) is 63.1 Å². The average molecular weight is 672 g/mol. The molecule has 0 spiro atoms. The second-order valence-corrected chi connectivity index (χ2v) is 17.2. The number of rotatable bonds is 2. The highest BCUT2D eigenvalue weighted by molar-refractivity contribution is 7.06. The van der Waals surface area contributed by atoms with Gasteiger partial charge in [0.15, 0.2) is 0 Å². The van der Waals surface area contributed by atoms with Crippen molar-refractivity contribution in [1.82, 2.24) is 9.13 Å². The highest BCUT2D eigenvalue weighted by Gasteiger charge is 2.52. The summed E-state index contributed by atoms with van der Waals surface area (Å²) in [5.41, 5.74) is 25.6. The van der Waals surface area contributed by atoms with E-state index in [2.05, 4.69) is 165 Å². The van der Waals surface area contributed by atoms with Gasteiger partial charge in [-0.15, -0.1) is 0 Å². The molecule has 6 heterocycles. The Hall–Kier alpha value is -5.67. The zero-order valence-electron chi connectivity index (χ0n) is 30.7. The Bertz CT molecular complexity index is 3000. The third-order valence-electron chi connectivity index (χ3n) is 13.6. The van der Waals surface area contributed by atoms with Crippen LogP contribution in [0.1, 0.15) is 37.5 Å². The molecule has 0 radical (unpaired) electrons. The Morgan fingerprint density at radius 2 is 0.698 bits per heavy atom. The van der Waals surface area contributed by atoms with Crippen LogP contribution in [0, 0.1) is 13.8 Å². The van der Waals surface area contributed by atoms with Crippen LogP contribution in [0.4, 0.5) is 0 Å². The van der Waals surface area contributed by atoms with Gasteiger partial charge in [0.25, 0.3) is 6.71 Å². The molecule has 0 bridgehead atoms. The summed E-state index contributed by atoms with van der Waals surface area (Å²) in [6.07, 6.45) is 0. The quantitative estimate of drug-likeness (QED) is 0.238. The lowest BCUT2D eigenvalue weighted by molar-refractivity contribution is 0.597. The van der Waals surface area contributed by atoms with Gasteiger partial charge in [-0.3, -0.25) is 0 Å². The number of hydrogen-bond donors (Lipinski definition) is 0. The van der Waals surface area contributed by atoms with Crippen LogP contribution in [-0.4, -0.2) is 29.3 Å². The van der Waals surface area contributed by atoms with Gasteiger partial charge in [0.05, 0.1) is 0 Å². The van der Waals surface area contributed by atoms with Crippen molar-refractivity contribution in [3.8, 4) is 11.4 Å². The third kappa shape index (κ3) is 3.14. The monoisotopic (exact) mass is 672 g/mol. The Balaban J connectivity index is 1.38. The van der Waals surface area contributed by atoms with Gasteiger partial charge in [0.1, 0.15) is 0 Å². The second kappa shape index (κ2) is 9.27. The molecule has 0 unspecified atom stereocenters. The van der Waals surface area contributed by atoms with E-state index in [4.69, 9.17) is 0 Å². The molecule has 4 aliphatic rings. The van der Waals surface area contributed by atoms with Crippen LogP contribution in [-0.2, 0) is 5.41 Å². The molecule has 246 valence electrons. The Kier molecular flexibility index (Phi) is 5.05. The Morgan fingerprint density at radius 1 is 0.377 bits per heavy atom. The SMILES string of the molecule is Cc1ccccc1B1c2c3c4c5c(c2C(C)(C)C)B(c2ccccc2C)c2cccc6c7cccc(c7n-5c26)B4c2cccc4c5cccc1c5n-3c24. The van der Waals surface area contributed by atoms with E-state index in [1.54, 1.807) is 0 Å². The highest BCUT2D eigenvalue weighted by atomic mass is 15.0. The maximum absolute atomic E-state index is 2.75.